The van der Waals surface area contributed by atoms with E-state index in [1.54, 1.807) is 23.5 Å². The average molecular weight is 436 g/mol. The van der Waals surface area contributed by atoms with Gasteiger partial charge in [-0.1, -0.05) is 36.5 Å². The molecule has 0 saturated carbocycles. The van der Waals surface area contributed by atoms with Crippen molar-refractivity contribution in [2.24, 2.45) is 0 Å². The van der Waals surface area contributed by atoms with Gasteiger partial charge in [-0.05, 0) is 30.5 Å². The smallest absolute Gasteiger partial charge is 0.270 e. The van der Waals surface area contributed by atoms with Crippen LogP contribution >= 0.6 is 11.3 Å². The second kappa shape index (κ2) is 9.05. The van der Waals surface area contributed by atoms with Crippen LogP contribution in [0, 0.1) is 10.1 Å². The topological polar surface area (TPSA) is 94.2 Å². The lowest BCUT2D eigenvalue weighted by Crippen LogP contribution is -2.32. The van der Waals surface area contributed by atoms with Crippen LogP contribution in [0.4, 0.5) is 10.8 Å². The number of hydrogen-bond acceptors (Lipinski definition) is 6. The molecule has 0 fully saturated rings. The number of fused-ring (bicyclic) bond motifs is 1. The van der Waals surface area contributed by atoms with E-state index in [9.17, 15) is 14.9 Å². The summed E-state index contributed by atoms with van der Waals surface area (Å²) in [6.45, 7) is 3.20. The van der Waals surface area contributed by atoms with Crippen molar-refractivity contribution in [1.82, 2.24) is 14.5 Å². The molecular weight excluding hydrogens is 414 g/mol. The number of hydrogen-bond donors (Lipinski definition) is 0. The van der Waals surface area contributed by atoms with Gasteiger partial charge in [-0.25, -0.2) is 9.97 Å². The number of para-hydroxylation sites is 1. The molecule has 31 heavy (non-hydrogen) atoms. The van der Waals surface area contributed by atoms with Crippen molar-refractivity contribution in [3.8, 4) is 0 Å². The van der Waals surface area contributed by atoms with Crippen LogP contribution in [-0.2, 0) is 13.0 Å². The molecular formula is C22H21N5O3S. The van der Waals surface area contributed by atoms with E-state index in [1.807, 2.05) is 29.0 Å². The van der Waals surface area contributed by atoms with Crippen LogP contribution in [0.15, 0.2) is 61.2 Å². The minimum atomic E-state index is -0.495. The summed E-state index contributed by atoms with van der Waals surface area (Å²) < 4.78 is 2.96. The highest BCUT2D eigenvalue weighted by Crippen LogP contribution is 2.32. The number of carbonyl (C=O) groups is 1. The zero-order valence-corrected chi connectivity index (χ0v) is 17.8. The van der Waals surface area contributed by atoms with Gasteiger partial charge in [0.15, 0.2) is 5.13 Å². The van der Waals surface area contributed by atoms with Gasteiger partial charge in [0.1, 0.15) is 0 Å². The summed E-state index contributed by atoms with van der Waals surface area (Å²) in [4.78, 5) is 34.5. The van der Waals surface area contributed by atoms with Crippen LogP contribution in [0.5, 0.6) is 0 Å². The molecule has 0 N–H and O–H groups in total. The van der Waals surface area contributed by atoms with E-state index in [4.69, 9.17) is 4.98 Å². The van der Waals surface area contributed by atoms with Crippen molar-refractivity contribution < 1.29 is 9.72 Å². The Hall–Kier alpha value is -3.59. The number of nitro groups is 1. The van der Waals surface area contributed by atoms with Crippen molar-refractivity contribution in [1.29, 1.82) is 0 Å². The molecule has 0 unspecified atom stereocenters. The van der Waals surface area contributed by atoms with E-state index in [0.29, 0.717) is 24.6 Å². The molecule has 0 aliphatic heterocycles. The Morgan fingerprint density at radius 1 is 1.26 bits per heavy atom. The summed E-state index contributed by atoms with van der Waals surface area (Å²) in [6, 6.07) is 11.9. The van der Waals surface area contributed by atoms with Gasteiger partial charge >= 0.3 is 0 Å². The van der Waals surface area contributed by atoms with Crippen LogP contribution in [0.25, 0.3) is 10.2 Å². The summed E-state index contributed by atoms with van der Waals surface area (Å²) >= 11 is 1.46. The number of nitro benzene ring substituents is 1. The van der Waals surface area contributed by atoms with Gasteiger partial charge in [-0.3, -0.25) is 19.8 Å². The lowest BCUT2D eigenvalue weighted by molar-refractivity contribution is -0.384. The largest absolute Gasteiger partial charge is 0.337 e. The molecule has 8 nitrogen and oxygen atoms in total. The number of anilines is 1. The third kappa shape index (κ3) is 4.46. The molecule has 2 heterocycles. The van der Waals surface area contributed by atoms with E-state index in [0.717, 1.165) is 22.2 Å². The van der Waals surface area contributed by atoms with E-state index in [-0.39, 0.29) is 17.2 Å². The Labute approximate surface area is 182 Å². The number of rotatable bonds is 8. The Bertz CT molecular complexity index is 1220. The third-order valence-corrected chi connectivity index (χ3v) is 6.05. The molecule has 4 aromatic rings. The molecule has 2 aromatic heterocycles. The molecule has 0 saturated heterocycles. The first-order valence-electron chi connectivity index (χ1n) is 9.97. The summed E-state index contributed by atoms with van der Waals surface area (Å²) in [6.07, 6.45) is 6.86. The molecule has 0 aliphatic carbocycles. The van der Waals surface area contributed by atoms with Gasteiger partial charge < -0.3 is 4.57 Å². The van der Waals surface area contributed by atoms with Crippen molar-refractivity contribution in [3.05, 3.63) is 82.4 Å². The molecule has 158 valence electrons. The second-order valence-electron chi connectivity index (χ2n) is 7.03. The molecule has 0 atom stereocenters. The number of aromatic nitrogens is 3. The Morgan fingerprint density at radius 2 is 2.10 bits per heavy atom. The zero-order valence-electron chi connectivity index (χ0n) is 17.0. The van der Waals surface area contributed by atoms with Crippen molar-refractivity contribution in [2.45, 2.75) is 26.3 Å². The fourth-order valence-electron chi connectivity index (χ4n) is 3.42. The first kappa shape index (κ1) is 20.7. The molecule has 4 rings (SSSR count). The fraction of sp³-hybridized carbons (Fsp3) is 0.227. The highest BCUT2D eigenvalue weighted by molar-refractivity contribution is 7.22. The molecule has 0 bridgehead atoms. The van der Waals surface area contributed by atoms with Gasteiger partial charge in [0.2, 0.25) is 0 Å². The number of nitrogens with zero attached hydrogens (tertiary/aromatic N) is 5. The molecule has 9 heteroatoms. The van der Waals surface area contributed by atoms with E-state index in [1.165, 1.54) is 29.5 Å². The molecule has 0 spiro atoms. The normalized spacial score (nSPS) is 11.0. The van der Waals surface area contributed by atoms with Crippen LogP contribution < -0.4 is 4.90 Å². The predicted octanol–water partition coefficient (Wildman–Crippen LogP) is 4.70. The maximum Gasteiger partial charge on any atom is 0.270 e. The summed E-state index contributed by atoms with van der Waals surface area (Å²) in [5.74, 6) is -0.300. The maximum absolute atomic E-state index is 13.4. The quantitative estimate of drug-likeness (QED) is 0.295. The number of amides is 1. The van der Waals surface area contributed by atoms with Crippen LogP contribution in [0.2, 0.25) is 0 Å². The van der Waals surface area contributed by atoms with E-state index >= 15 is 0 Å². The number of aryl methyl sites for hydroxylation is 2. The van der Waals surface area contributed by atoms with E-state index in [2.05, 4.69) is 11.9 Å². The number of imidazole rings is 1. The molecule has 2 aromatic carbocycles. The minimum absolute atomic E-state index is 0.109. The Kier molecular flexibility index (Phi) is 6.03. The molecule has 0 radical (unpaired) electrons. The lowest BCUT2D eigenvalue weighted by atomic mass is 10.1. The minimum Gasteiger partial charge on any atom is -0.337 e. The van der Waals surface area contributed by atoms with Gasteiger partial charge in [0.05, 0.1) is 21.5 Å². The predicted molar refractivity (Wildman–Crippen MR) is 121 cm³/mol. The first-order valence-corrected chi connectivity index (χ1v) is 10.8. The van der Waals surface area contributed by atoms with E-state index < -0.39 is 4.92 Å². The van der Waals surface area contributed by atoms with Crippen molar-refractivity contribution >= 4 is 38.3 Å². The maximum atomic E-state index is 13.4. The van der Waals surface area contributed by atoms with Crippen LogP contribution in [-0.4, -0.2) is 31.9 Å². The lowest BCUT2D eigenvalue weighted by Gasteiger charge is -2.20. The van der Waals surface area contributed by atoms with Gasteiger partial charge in [0.25, 0.3) is 11.6 Å². The van der Waals surface area contributed by atoms with Crippen molar-refractivity contribution in [2.75, 3.05) is 11.4 Å². The second-order valence-corrected chi connectivity index (χ2v) is 8.04. The summed E-state index contributed by atoms with van der Waals surface area (Å²) in [7, 11) is 0. The number of carbonyl (C=O) groups excluding carboxylic acids is 1. The fourth-order valence-corrected chi connectivity index (χ4v) is 4.46. The van der Waals surface area contributed by atoms with Crippen LogP contribution in [0.1, 0.15) is 29.3 Å². The number of non-ortho nitro benzene ring substituents is 1. The van der Waals surface area contributed by atoms with Gasteiger partial charge in [0, 0.05) is 43.2 Å². The highest BCUT2D eigenvalue weighted by Gasteiger charge is 2.23. The van der Waals surface area contributed by atoms with Crippen LogP contribution in [0.3, 0.4) is 0 Å². The Morgan fingerprint density at radius 3 is 2.84 bits per heavy atom. The van der Waals surface area contributed by atoms with Gasteiger partial charge in [-0.15, -0.1) is 0 Å². The SMILES string of the molecule is CCc1cccc2sc(N(CCCn3ccnc3)C(=O)c3cccc([N+](=O)[O-])c3)nc12. The van der Waals surface area contributed by atoms with Crippen molar-refractivity contribution in [3.63, 3.8) is 0 Å². The number of thiazole rings is 1. The average Bonchev–Trinajstić information content (AvgIpc) is 3.45. The first-order chi connectivity index (χ1) is 15.1. The standard InChI is InChI=1S/C22H21N5O3S/c1-2-16-6-4-9-19-20(16)24-22(31-19)26(12-5-11-25-13-10-23-15-25)21(28)17-7-3-8-18(14-17)27(29)30/h3-4,6-10,13-15H,2,5,11-12H2,1H3. The third-order valence-electron chi connectivity index (χ3n) is 5.01. The van der Waals surface area contributed by atoms with Gasteiger partial charge in [-0.2, -0.15) is 0 Å². The Balaban J connectivity index is 1.67. The summed E-state index contributed by atoms with van der Waals surface area (Å²) in [5, 5.41) is 11.8. The molecule has 1 amide bonds. The number of benzene rings is 2. The zero-order chi connectivity index (χ0) is 21.8. The highest BCUT2D eigenvalue weighted by atomic mass is 32.1. The summed E-state index contributed by atoms with van der Waals surface area (Å²) in [5.41, 5.74) is 2.19. The molecule has 0 aliphatic rings. The monoisotopic (exact) mass is 435 g/mol.